The lowest BCUT2D eigenvalue weighted by Gasteiger charge is -2.29. The van der Waals surface area contributed by atoms with E-state index in [1.807, 2.05) is 16.5 Å². The van der Waals surface area contributed by atoms with Crippen molar-refractivity contribution in [2.75, 3.05) is 44.4 Å². The minimum absolute atomic E-state index is 0.325. The number of anilines is 1. The maximum absolute atomic E-state index is 12.4. The van der Waals surface area contributed by atoms with Crippen LogP contribution >= 0.6 is 11.6 Å². The number of nitrogens with zero attached hydrogens (tertiary/aromatic N) is 6. The van der Waals surface area contributed by atoms with Crippen molar-refractivity contribution in [2.24, 2.45) is 0 Å². The number of ether oxygens (including phenoxy) is 2. The molecule has 0 aromatic carbocycles. The number of amides is 1. The average Bonchev–Trinajstić information content (AvgIpc) is 3.20. The van der Waals surface area contributed by atoms with E-state index in [-0.39, 0.29) is 6.09 Å². The third kappa shape index (κ3) is 3.57. The predicted molar refractivity (Wildman–Crippen MR) is 115 cm³/mol. The van der Waals surface area contributed by atoms with Crippen molar-refractivity contribution in [3.63, 3.8) is 0 Å². The molecule has 3 aromatic rings. The van der Waals surface area contributed by atoms with Crippen LogP contribution < -0.4 is 4.90 Å². The summed E-state index contributed by atoms with van der Waals surface area (Å²) in [6, 6.07) is 3.79. The van der Waals surface area contributed by atoms with Crippen LogP contribution in [0.25, 0.3) is 16.9 Å². The van der Waals surface area contributed by atoms with Crippen LogP contribution in [0.2, 0.25) is 5.15 Å². The van der Waals surface area contributed by atoms with Gasteiger partial charge in [0, 0.05) is 44.0 Å². The van der Waals surface area contributed by atoms with E-state index in [4.69, 9.17) is 31.0 Å². The Bertz CT molecular complexity index is 1110. The number of imidazole rings is 1. The lowest BCUT2D eigenvalue weighted by atomic mass is 10.1. The van der Waals surface area contributed by atoms with Crippen LogP contribution in [0.3, 0.4) is 0 Å². The molecule has 5 rings (SSSR count). The van der Waals surface area contributed by atoms with Crippen LogP contribution in [-0.4, -0.2) is 69.8 Å². The Morgan fingerprint density at radius 2 is 2.10 bits per heavy atom. The first-order valence-electron chi connectivity index (χ1n) is 10.4. The van der Waals surface area contributed by atoms with E-state index in [2.05, 4.69) is 9.88 Å². The van der Waals surface area contributed by atoms with Crippen LogP contribution in [0.5, 0.6) is 0 Å². The third-order valence-corrected chi connectivity index (χ3v) is 5.94. The minimum Gasteiger partial charge on any atom is -0.450 e. The number of pyridine rings is 1. The van der Waals surface area contributed by atoms with Crippen molar-refractivity contribution >= 4 is 29.2 Å². The summed E-state index contributed by atoms with van der Waals surface area (Å²) in [6.45, 7) is 5.81. The van der Waals surface area contributed by atoms with Crippen molar-refractivity contribution in [3.8, 4) is 11.3 Å². The summed E-state index contributed by atoms with van der Waals surface area (Å²) < 4.78 is 12.7. The fraction of sp³-hybridized carbons (Fsp3) is 0.429. The van der Waals surface area contributed by atoms with Gasteiger partial charge in [0.05, 0.1) is 37.8 Å². The number of halogens is 1. The average molecular weight is 443 g/mol. The van der Waals surface area contributed by atoms with Gasteiger partial charge < -0.3 is 19.3 Å². The van der Waals surface area contributed by atoms with Crippen molar-refractivity contribution in [1.82, 2.24) is 24.3 Å². The molecule has 2 aliphatic heterocycles. The number of aromatic nitrogens is 4. The van der Waals surface area contributed by atoms with Crippen molar-refractivity contribution in [2.45, 2.75) is 19.9 Å². The number of carbonyl (C=O) groups excluding carboxylic acids is 1. The van der Waals surface area contributed by atoms with Gasteiger partial charge in [-0.2, -0.15) is 0 Å². The minimum atomic E-state index is -0.325. The Morgan fingerprint density at radius 3 is 2.84 bits per heavy atom. The van der Waals surface area contributed by atoms with E-state index in [9.17, 15) is 4.79 Å². The molecule has 0 aliphatic carbocycles. The summed E-state index contributed by atoms with van der Waals surface area (Å²) in [7, 11) is 0. The van der Waals surface area contributed by atoms with Gasteiger partial charge in [0.1, 0.15) is 10.8 Å². The van der Waals surface area contributed by atoms with E-state index < -0.39 is 0 Å². The van der Waals surface area contributed by atoms with Crippen molar-refractivity contribution in [1.29, 1.82) is 0 Å². The van der Waals surface area contributed by atoms with Gasteiger partial charge in [0.2, 0.25) is 0 Å². The first kappa shape index (κ1) is 20.0. The molecule has 0 N–H and O–H groups in total. The topological polar surface area (TPSA) is 85.1 Å². The molecule has 0 saturated carbocycles. The molecule has 1 amide bonds. The monoisotopic (exact) mass is 442 g/mol. The quantitative estimate of drug-likeness (QED) is 0.616. The SMILES string of the molecule is CCOC(=O)N1CCc2nc3c(N4CCOCC4)nc(-c4cccnc4)c(Cl)n3c2C1. The molecule has 0 spiro atoms. The summed E-state index contributed by atoms with van der Waals surface area (Å²) in [5.74, 6) is 0.767. The van der Waals surface area contributed by atoms with E-state index in [0.717, 1.165) is 35.9 Å². The summed E-state index contributed by atoms with van der Waals surface area (Å²) in [6.07, 6.45) is 3.78. The molecule has 31 heavy (non-hydrogen) atoms. The standard InChI is InChI=1S/C21H23ClN6O3/c1-2-31-21(29)27-7-5-15-16(13-27)28-18(22)17(14-4-3-6-23-12-14)25-19(20(28)24-15)26-8-10-30-11-9-26/h3-4,6,12H,2,5,7-11,13H2,1H3. The molecule has 3 aromatic heterocycles. The fourth-order valence-electron chi connectivity index (χ4n) is 4.08. The highest BCUT2D eigenvalue weighted by atomic mass is 35.5. The number of morpholine rings is 1. The zero-order valence-corrected chi connectivity index (χ0v) is 18.0. The number of rotatable bonds is 3. The number of carbonyl (C=O) groups is 1. The van der Waals surface area contributed by atoms with Gasteiger partial charge in [-0.05, 0) is 19.1 Å². The molecule has 0 atom stereocenters. The summed E-state index contributed by atoms with van der Waals surface area (Å²) in [5.41, 5.74) is 3.99. The smallest absolute Gasteiger partial charge is 0.410 e. The van der Waals surface area contributed by atoms with Gasteiger partial charge in [-0.3, -0.25) is 9.38 Å². The highest BCUT2D eigenvalue weighted by Crippen LogP contribution is 2.35. The molecular formula is C21H23ClN6O3. The first-order valence-corrected chi connectivity index (χ1v) is 10.8. The van der Waals surface area contributed by atoms with Gasteiger partial charge in [0.25, 0.3) is 0 Å². The van der Waals surface area contributed by atoms with Gasteiger partial charge >= 0.3 is 6.09 Å². The summed E-state index contributed by atoms with van der Waals surface area (Å²) in [4.78, 5) is 30.3. The summed E-state index contributed by atoms with van der Waals surface area (Å²) >= 11 is 6.91. The normalized spacial score (nSPS) is 16.5. The zero-order chi connectivity index (χ0) is 21.4. The van der Waals surface area contributed by atoms with Gasteiger partial charge in [-0.25, -0.2) is 14.8 Å². The molecule has 1 fully saturated rings. The highest BCUT2D eigenvalue weighted by Gasteiger charge is 2.30. The zero-order valence-electron chi connectivity index (χ0n) is 17.3. The van der Waals surface area contributed by atoms with Gasteiger partial charge in [-0.15, -0.1) is 0 Å². The van der Waals surface area contributed by atoms with E-state index in [1.165, 1.54) is 0 Å². The molecule has 0 radical (unpaired) electrons. The summed E-state index contributed by atoms with van der Waals surface area (Å²) in [5, 5.41) is 0.458. The lowest BCUT2D eigenvalue weighted by molar-refractivity contribution is 0.102. The molecule has 1 saturated heterocycles. The van der Waals surface area contributed by atoms with E-state index in [0.29, 0.717) is 55.8 Å². The second-order valence-electron chi connectivity index (χ2n) is 7.45. The van der Waals surface area contributed by atoms with Crippen LogP contribution in [0.4, 0.5) is 10.6 Å². The number of hydrogen-bond donors (Lipinski definition) is 0. The maximum atomic E-state index is 12.4. The predicted octanol–water partition coefficient (Wildman–Crippen LogP) is 2.80. The van der Waals surface area contributed by atoms with Crippen LogP contribution in [0.15, 0.2) is 24.5 Å². The van der Waals surface area contributed by atoms with E-state index in [1.54, 1.807) is 24.2 Å². The second-order valence-corrected chi connectivity index (χ2v) is 7.81. The van der Waals surface area contributed by atoms with Crippen LogP contribution in [-0.2, 0) is 22.4 Å². The maximum Gasteiger partial charge on any atom is 0.410 e. The van der Waals surface area contributed by atoms with Crippen molar-refractivity contribution < 1.29 is 14.3 Å². The fourth-order valence-corrected chi connectivity index (χ4v) is 4.41. The van der Waals surface area contributed by atoms with Crippen LogP contribution in [0.1, 0.15) is 18.3 Å². The Labute approximate surface area is 184 Å². The Morgan fingerprint density at radius 1 is 1.26 bits per heavy atom. The van der Waals surface area contributed by atoms with Gasteiger partial charge in [0.15, 0.2) is 11.5 Å². The third-order valence-electron chi connectivity index (χ3n) is 5.60. The van der Waals surface area contributed by atoms with E-state index >= 15 is 0 Å². The molecule has 10 heteroatoms. The van der Waals surface area contributed by atoms with Crippen molar-refractivity contribution in [3.05, 3.63) is 41.1 Å². The Balaban J connectivity index is 1.68. The second kappa shape index (κ2) is 8.32. The molecule has 5 heterocycles. The van der Waals surface area contributed by atoms with Gasteiger partial charge in [-0.1, -0.05) is 11.6 Å². The molecule has 9 nitrogen and oxygen atoms in total. The van der Waals surface area contributed by atoms with Crippen LogP contribution in [0, 0.1) is 0 Å². The highest BCUT2D eigenvalue weighted by molar-refractivity contribution is 6.32. The Hall–Kier alpha value is -2.91. The lowest BCUT2D eigenvalue weighted by Crippen LogP contribution is -2.37. The molecule has 0 bridgehead atoms. The molecule has 162 valence electrons. The first-order chi connectivity index (χ1) is 15.2. The molecular weight excluding hydrogens is 420 g/mol. The molecule has 0 unspecified atom stereocenters. The molecule has 2 aliphatic rings. The Kier molecular flexibility index (Phi) is 5.37. The largest absolute Gasteiger partial charge is 0.450 e. The number of hydrogen-bond acceptors (Lipinski definition) is 7. The number of fused-ring (bicyclic) bond motifs is 3.